The second-order valence-electron chi connectivity index (χ2n) is 7.60. The van der Waals surface area contributed by atoms with Crippen LogP contribution in [0.15, 0.2) is 94.9 Å². The Bertz CT molecular complexity index is 1280. The maximum atomic E-state index is 9.71. The molecule has 2 nitrogen and oxygen atoms in total. The number of aromatic nitrogens is 1. The van der Waals surface area contributed by atoms with Gasteiger partial charge in [0.15, 0.2) is 0 Å². The molecule has 0 fully saturated rings. The zero-order chi connectivity index (χ0) is 20.0. The monoisotopic (exact) mass is 392 g/mol. The molecule has 3 heteroatoms. The molecule has 0 aliphatic carbocycles. The zero-order valence-corrected chi connectivity index (χ0v) is 17.2. The molecule has 0 saturated heterocycles. The van der Waals surface area contributed by atoms with Crippen LogP contribution in [0.2, 0.25) is 0 Å². The summed E-state index contributed by atoms with van der Waals surface area (Å²) in [5.41, 5.74) is 7.72. The molecule has 1 aliphatic heterocycles. The molecular formula is C26H20N2S. The summed E-state index contributed by atoms with van der Waals surface area (Å²) in [5, 5.41) is 9.71. The molecular weight excluding hydrogens is 372 g/mol. The molecule has 3 aromatic carbocycles. The van der Waals surface area contributed by atoms with E-state index in [4.69, 9.17) is 4.98 Å². The molecule has 29 heavy (non-hydrogen) atoms. The first-order valence-electron chi connectivity index (χ1n) is 9.53. The largest absolute Gasteiger partial charge is 0.256 e. The van der Waals surface area contributed by atoms with Crippen molar-refractivity contribution in [3.05, 3.63) is 90.6 Å². The fourth-order valence-corrected chi connectivity index (χ4v) is 7.42. The summed E-state index contributed by atoms with van der Waals surface area (Å²) in [6.45, 7) is 0. The van der Waals surface area contributed by atoms with E-state index >= 15 is 0 Å². The summed E-state index contributed by atoms with van der Waals surface area (Å²) in [6.07, 6.45) is 6.48. The summed E-state index contributed by atoms with van der Waals surface area (Å²) in [4.78, 5) is 7.26. The molecule has 0 bridgehead atoms. The van der Waals surface area contributed by atoms with E-state index in [1.165, 1.54) is 32.0 Å². The Morgan fingerprint density at radius 2 is 1.41 bits per heavy atom. The number of nitriles is 1. The third-order valence-corrected chi connectivity index (χ3v) is 8.53. The average molecular weight is 393 g/mol. The Kier molecular flexibility index (Phi) is 4.04. The van der Waals surface area contributed by atoms with Crippen molar-refractivity contribution < 1.29 is 0 Å². The number of benzene rings is 3. The van der Waals surface area contributed by atoms with Crippen LogP contribution in [0.3, 0.4) is 0 Å². The van der Waals surface area contributed by atoms with Crippen molar-refractivity contribution in [1.29, 1.82) is 5.26 Å². The molecule has 0 unspecified atom stereocenters. The van der Waals surface area contributed by atoms with Crippen molar-refractivity contribution in [2.24, 2.45) is 0 Å². The second-order valence-corrected chi connectivity index (χ2v) is 11.1. The lowest BCUT2D eigenvalue weighted by Crippen LogP contribution is -1.98. The zero-order valence-electron chi connectivity index (χ0n) is 16.4. The van der Waals surface area contributed by atoms with E-state index in [0.717, 1.165) is 16.8 Å². The van der Waals surface area contributed by atoms with Crippen LogP contribution in [0, 0.1) is 11.3 Å². The van der Waals surface area contributed by atoms with E-state index in [0.29, 0.717) is 0 Å². The number of nitrogens with zero attached hydrogens (tertiary/aromatic N) is 2. The molecule has 0 spiro atoms. The fourth-order valence-electron chi connectivity index (χ4n) is 4.38. The molecule has 0 amide bonds. The van der Waals surface area contributed by atoms with Gasteiger partial charge in [-0.15, -0.1) is 0 Å². The maximum Gasteiger partial charge on any atom is 0.100 e. The van der Waals surface area contributed by atoms with E-state index in [1.807, 2.05) is 24.4 Å². The van der Waals surface area contributed by atoms with Crippen LogP contribution < -0.4 is 0 Å². The smallest absolute Gasteiger partial charge is 0.100 e. The minimum Gasteiger partial charge on any atom is -0.256 e. The van der Waals surface area contributed by atoms with E-state index in [-0.39, 0.29) is 0 Å². The maximum absolute atomic E-state index is 9.71. The minimum absolute atomic E-state index is 0.788. The third kappa shape index (κ3) is 2.68. The van der Waals surface area contributed by atoms with E-state index in [9.17, 15) is 5.26 Å². The number of pyridine rings is 1. The summed E-state index contributed by atoms with van der Waals surface area (Å²) in [6, 6.07) is 29.6. The number of hydrogen-bond acceptors (Lipinski definition) is 2. The second kappa shape index (κ2) is 6.62. The Morgan fingerprint density at radius 3 is 2.17 bits per heavy atom. The van der Waals surface area contributed by atoms with Gasteiger partial charge in [0, 0.05) is 21.6 Å². The van der Waals surface area contributed by atoms with Crippen LogP contribution in [0.25, 0.3) is 33.5 Å². The standard InChI is InChI=1S/C26H20N2S/c1-29(2)25-20(17-27)10-6-11-21(25)22-12-7-13-23(26(22)29)24-16-19(14-15-28-24)18-8-4-3-5-9-18/h3-16H,1-2H3. The van der Waals surface area contributed by atoms with Crippen molar-refractivity contribution in [2.45, 2.75) is 9.79 Å². The van der Waals surface area contributed by atoms with E-state index < -0.39 is 10.0 Å². The fraction of sp³-hybridized carbons (Fsp3) is 0.0769. The topological polar surface area (TPSA) is 36.7 Å². The lowest BCUT2D eigenvalue weighted by Gasteiger charge is -2.30. The molecule has 140 valence electrons. The van der Waals surface area contributed by atoms with Crippen LogP contribution in [-0.2, 0) is 0 Å². The Balaban J connectivity index is 1.74. The van der Waals surface area contributed by atoms with Gasteiger partial charge in [-0.2, -0.15) is 15.3 Å². The van der Waals surface area contributed by atoms with E-state index in [1.54, 1.807) is 0 Å². The first kappa shape index (κ1) is 17.7. The highest BCUT2D eigenvalue weighted by molar-refractivity contribution is 8.33. The van der Waals surface area contributed by atoms with Crippen molar-refractivity contribution >= 4 is 10.0 Å². The van der Waals surface area contributed by atoms with Gasteiger partial charge in [-0.25, -0.2) is 0 Å². The van der Waals surface area contributed by atoms with Crippen LogP contribution in [0.1, 0.15) is 5.56 Å². The summed E-state index contributed by atoms with van der Waals surface area (Å²) < 4.78 is 0. The number of fused-ring (bicyclic) bond motifs is 3. The highest BCUT2D eigenvalue weighted by Crippen LogP contribution is 2.70. The SMILES string of the molecule is CS1(C)c2c(C#N)cccc2-c2cccc(-c3cc(-c4ccccc4)ccn3)c21. The quantitative estimate of drug-likeness (QED) is 0.378. The van der Waals surface area contributed by atoms with Crippen LogP contribution in [0.5, 0.6) is 0 Å². The van der Waals surface area contributed by atoms with Gasteiger partial charge in [0.25, 0.3) is 0 Å². The Hall–Kier alpha value is -3.35. The van der Waals surface area contributed by atoms with Crippen LogP contribution in [0.4, 0.5) is 0 Å². The van der Waals surface area contributed by atoms with Crippen molar-refractivity contribution in [1.82, 2.24) is 4.98 Å². The molecule has 5 rings (SSSR count). The average Bonchev–Trinajstić information content (AvgIpc) is 3.02. The Labute approximate surface area is 172 Å². The Morgan fingerprint density at radius 1 is 0.724 bits per heavy atom. The van der Waals surface area contributed by atoms with Crippen molar-refractivity contribution in [2.75, 3.05) is 12.5 Å². The van der Waals surface area contributed by atoms with Gasteiger partial charge >= 0.3 is 0 Å². The molecule has 1 aliphatic rings. The lowest BCUT2D eigenvalue weighted by molar-refractivity contribution is 1.29. The van der Waals surface area contributed by atoms with Crippen molar-refractivity contribution in [3.8, 4) is 39.6 Å². The predicted octanol–water partition coefficient (Wildman–Crippen LogP) is 6.75. The molecule has 4 aromatic rings. The summed E-state index contributed by atoms with van der Waals surface area (Å²) >= 11 is 0. The molecule has 0 radical (unpaired) electrons. The van der Waals surface area contributed by atoms with Gasteiger partial charge in [-0.05, 0) is 53.0 Å². The third-order valence-electron chi connectivity index (χ3n) is 5.60. The highest BCUT2D eigenvalue weighted by atomic mass is 32.3. The van der Waals surface area contributed by atoms with Gasteiger partial charge in [0.1, 0.15) is 6.07 Å². The first-order valence-corrected chi connectivity index (χ1v) is 12.0. The lowest BCUT2D eigenvalue weighted by atomic mass is 9.99. The van der Waals surface area contributed by atoms with Crippen molar-refractivity contribution in [3.63, 3.8) is 0 Å². The molecule has 2 heterocycles. The van der Waals surface area contributed by atoms with Crippen LogP contribution in [-0.4, -0.2) is 17.5 Å². The molecule has 1 aromatic heterocycles. The molecule has 0 N–H and O–H groups in total. The summed E-state index contributed by atoms with van der Waals surface area (Å²) in [5.74, 6) is 0. The highest BCUT2D eigenvalue weighted by Gasteiger charge is 2.36. The predicted molar refractivity (Wildman–Crippen MR) is 121 cm³/mol. The van der Waals surface area contributed by atoms with E-state index in [2.05, 4.69) is 79.2 Å². The molecule has 0 saturated carbocycles. The summed E-state index contributed by atoms with van der Waals surface area (Å²) in [7, 11) is -1.33. The van der Waals surface area contributed by atoms with Gasteiger partial charge < -0.3 is 0 Å². The van der Waals surface area contributed by atoms with Gasteiger partial charge in [-0.1, -0.05) is 60.7 Å². The van der Waals surface area contributed by atoms with Gasteiger partial charge in [-0.3, -0.25) is 4.98 Å². The van der Waals surface area contributed by atoms with Crippen LogP contribution >= 0.6 is 10.0 Å². The molecule has 0 atom stereocenters. The normalized spacial score (nSPS) is 14.5. The minimum atomic E-state index is -1.33. The number of rotatable bonds is 2. The first-order chi connectivity index (χ1) is 14.1. The van der Waals surface area contributed by atoms with Gasteiger partial charge in [0.05, 0.1) is 11.3 Å². The van der Waals surface area contributed by atoms with Gasteiger partial charge in [0.2, 0.25) is 0 Å². The number of hydrogen-bond donors (Lipinski definition) is 0.